The van der Waals surface area contributed by atoms with Crippen LogP contribution < -0.4 is 4.74 Å². The van der Waals surface area contributed by atoms with E-state index >= 15 is 0 Å². The largest absolute Gasteiger partial charge is 0.465 e. The molecule has 0 amide bonds. The first kappa shape index (κ1) is 31.8. The highest BCUT2D eigenvalue weighted by atomic mass is 35.5. The molecule has 0 aromatic heterocycles. The number of carbonyl (C=O) groups excluding carboxylic acids is 2. The van der Waals surface area contributed by atoms with Gasteiger partial charge in [0.25, 0.3) is 0 Å². The van der Waals surface area contributed by atoms with Gasteiger partial charge in [-0.05, 0) is 32.4 Å². The van der Waals surface area contributed by atoms with Gasteiger partial charge < -0.3 is 9.47 Å². The van der Waals surface area contributed by atoms with Gasteiger partial charge in [0, 0.05) is 11.1 Å². The lowest BCUT2D eigenvalue weighted by molar-refractivity contribution is -0.164. The van der Waals surface area contributed by atoms with E-state index < -0.39 is 17.4 Å². The smallest absolute Gasteiger partial charge is 0.328 e. The van der Waals surface area contributed by atoms with Crippen LogP contribution in [0.1, 0.15) is 124 Å². The van der Waals surface area contributed by atoms with Gasteiger partial charge in [-0.3, -0.25) is 9.59 Å². The monoisotopic (exact) mass is 528 g/mol. The summed E-state index contributed by atoms with van der Waals surface area (Å²) in [6.45, 7) is 5.56. The van der Waals surface area contributed by atoms with E-state index in [1.807, 2.05) is 0 Å². The van der Waals surface area contributed by atoms with Gasteiger partial charge >= 0.3 is 11.9 Å². The number of unbranched alkanes of at least 4 members (excludes halogenated alkanes) is 15. The second-order valence-electron chi connectivity index (χ2n) is 10.0. The lowest BCUT2D eigenvalue weighted by Gasteiger charge is -2.21. The van der Waals surface area contributed by atoms with Gasteiger partial charge in [0.1, 0.15) is 0 Å². The predicted molar refractivity (Wildman–Crippen MR) is 146 cm³/mol. The molecule has 0 saturated heterocycles. The van der Waals surface area contributed by atoms with Crippen molar-refractivity contribution in [3.05, 3.63) is 28.2 Å². The Balaban J connectivity index is 2.03. The first-order valence-electron chi connectivity index (χ1n) is 13.6. The highest BCUT2D eigenvalue weighted by Gasteiger charge is 2.40. The molecule has 1 aromatic carbocycles. The van der Waals surface area contributed by atoms with Crippen molar-refractivity contribution < 1.29 is 19.1 Å². The minimum absolute atomic E-state index is 0.128. The summed E-state index contributed by atoms with van der Waals surface area (Å²) in [5, 5.41) is 0.640. The van der Waals surface area contributed by atoms with Crippen LogP contribution in [0.4, 0.5) is 0 Å². The molecule has 0 saturated carbocycles. The molecule has 0 aliphatic rings. The molecule has 1 aromatic rings. The number of halogens is 2. The minimum Gasteiger partial charge on any atom is -0.465 e. The van der Waals surface area contributed by atoms with E-state index in [2.05, 4.69) is 6.92 Å². The lowest BCUT2D eigenvalue weighted by Crippen LogP contribution is -2.38. The van der Waals surface area contributed by atoms with Gasteiger partial charge in [0.2, 0.25) is 0 Å². The zero-order valence-corrected chi connectivity index (χ0v) is 23.7. The molecule has 0 aliphatic heterocycles. The number of benzene rings is 1. The lowest BCUT2D eigenvalue weighted by atomic mass is 9.94. The second kappa shape index (κ2) is 18.9. The molecule has 0 bridgehead atoms. The summed E-state index contributed by atoms with van der Waals surface area (Å²) < 4.78 is 10.6. The van der Waals surface area contributed by atoms with Crippen LogP contribution in [0, 0.1) is 5.41 Å². The maximum absolute atomic E-state index is 12.5. The first-order valence-corrected chi connectivity index (χ1v) is 14.4. The van der Waals surface area contributed by atoms with Gasteiger partial charge in [-0.25, -0.2) is 0 Å². The molecule has 0 heterocycles. The van der Waals surface area contributed by atoms with Gasteiger partial charge in [-0.15, -0.1) is 0 Å². The number of ether oxygens (including phenoxy) is 2. The number of hydrogen-bond donors (Lipinski definition) is 0. The van der Waals surface area contributed by atoms with Crippen molar-refractivity contribution in [3.8, 4) is 5.75 Å². The molecule has 35 heavy (non-hydrogen) atoms. The summed E-state index contributed by atoms with van der Waals surface area (Å²) in [5.41, 5.74) is -1.43. The summed E-state index contributed by atoms with van der Waals surface area (Å²) in [6, 6.07) is 4.58. The van der Waals surface area contributed by atoms with Crippen LogP contribution in [0.25, 0.3) is 0 Å². The van der Waals surface area contributed by atoms with Crippen molar-refractivity contribution in [3.63, 3.8) is 0 Å². The summed E-state index contributed by atoms with van der Waals surface area (Å²) in [6.07, 6.45) is 20.6. The van der Waals surface area contributed by atoms with E-state index in [9.17, 15) is 9.59 Å². The standard InChI is InChI=1S/C29H46Cl2O4/c1-4-5-6-7-8-9-10-11-12-13-14-15-16-17-18-19-22-34-27(32)29(2,3)28(33)35-26-23-24(30)20-21-25(26)31/h20-21,23H,4-19,22H2,1-3H3. The third-order valence-electron chi connectivity index (χ3n) is 6.35. The Bertz CT molecular complexity index is 733. The Morgan fingerprint density at radius 1 is 0.714 bits per heavy atom. The molecular weight excluding hydrogens is 483 g/mol. The van der Waals surface area contributed by atoms with E-state index in [0.29, 0.717) is 11.6 Å². The molecule has 0 unspecified atom stereocenters. The van der Waals surface area contributed by atoms with Crippen molar-refractivity contribution in [2.24, 2.45) is 5.41 Å². The molecular formula is C29H46Cl2O4. The average molecular weight is 530 g/mol. The number of esters is 2. The molecule has 6 heteroatoms. The van der Waals surface area contributed by atoms with Crippen LogP contribution in [0.5, 0.6) is 5.75 Å². The van der Waals surface area contributed by atoms with Crippen LogP contribution in [-0.2, 0) is 14.3 Å². The summed E-state index contributed by atoms with van der Waals surface area (Å²) in [5.74, 6) is -1.19. The number of rotatable bonds is 20. The molecule has 200 valence electrons. The third-order valence-corrected chi connectivity index (χ3v) is 6.89. The Morgan fingerprint density at radius 2 is 1.17 bits per heavy atom. The number of hydrogen-bond acceptors (Lipinski definition) is 4. The molecule has 0 N–H and O–H groups in total. The molecule has 0 radical (unpaired) electrons. The van der Waals surface area contributed by atoms with E-state index in [0.717, 1.165) is 19.3 Å². The van der Waals surface area contributed by atoms with Crippen molar-refractivity contribution in [1.29, 1.82) is 0 Å². The maximum Gasteiger partial charge on any atom is 0.328 e. The highest BCUT2D eigenvalue weighted by molar-refractivity contribution is 6.34. The first-order chi connectivity index (χ1) is 16.8. The zero-order chi connectivity index (χ0) is 25.9. The van der Waals surface area contributed by atoms with Crippen molar-refractivity contribution in [1.82, 2.24) is 0 Å². The molecule has 0 atom stereocenters. The summed E-state index contributed by atoms with van der Waals surface area (Å²) in [7, 11) is 0. The second-order valence-corrected chi connectivity index (χ2v) is 10.9. The van der Waals surface area contributed by atoms with Crippen molar-refractivity contribution >= 4 is 35.1 Å². The van der Waals surface area contributed by atoms with E-state index in [1.165, 1.54) is 109 Å². The summed E-state index contributed by atoms with van der Waals surface area (Å²) >= 11 is 12.0. The van der Waals surface area contributed by atoms with E-state index in [1.54, 1.807) is 6.07 Å². The highest BCUT2D eigenvalue weighted by Crippen LogP contribution is 2.30. The fourth-order valence-electron chi connectivity index (χ4n) is 3.86. The Morgan fingerprint density at radius 3 is 1.66 bits per heavy atom. The van der Waals surface area contributed by atoms with E-state index in [4.69, 9.17) is 32.7 Å². The summed E-state index contributed by atoms with van der Waals surface area (Å²) in [4.78, 5) is 24.9. The van der Waals surface area contributed by atoms with Crippen LogP contribution in [-0.4, -0.2) is 18.5 Å². The van der Waals surface area contributed by atoms with Crippen molar-refractivity contribution in [2.75, 3.05) is 6.61 Å². The average Bonchev–Trinajstić information content (AvgIpc) is 2.83. The molecule has 4 nitrogen and oxygen atoms in total. The quantitative estimate of drug-likeness (QED) is 0.0730. The van der Waals surface area contributed by atoms with Gasteiger partial charge in [-0.2, -0.15) is 0 Å². The fraction of sp³-hybridized carbons (Fsp3) is 0.724. The fourth-order valence-corrected chi connectivity index (χ4v) is 4.18. The van der Waals surface area contributed by atoms with Crippen LogP contribution >= 0.6 is 23.2 Å². The van der Waals surface area contributed by atoms with Gasteiger partial charge in [-0.1, -0.05) is 126 Å². The molecule has 0 spiro atoms. The van der Waals surface area contributed by atoms with Gasteiger partial charge in [0.15, 0.2) is 11.2 Å². The zero-order valence-electron chi connectivity index (χ0n) is 22.1. The predicted octanol–water partition coefficient (Wildman–Crippen LogP) is 9.73. The topological polar surface area (TPSA) is 52.6 Å². The van der Waals surface area contributed by atoms with E-state index in [-0.39, 0.29) is 10.8 Å². The molecule has 1 rings (SSSR count). The van der Waals surface area contributed by atoms with Crippen LogP contribution in [0.3, 0.4) is 0 Å². The van der Waals surface area contributed by atoms with Crippen LogP contribution in [0.15, 0.2) is 18.2 Å². The Kier molecular flexibility index (Phi) is 17.2. The minimum atomic E-state index is -1.43. The number of carbonyl (C=O) groups is 2. The third kappa shape index (κ3) is 14.2. The molecule has 0 fully saturated rings. The normalized spacial score (nSPS) is 11.5. The molecule has 0 aliphatic carbocycles. The van der Waals surface area contributed by atoms with Gasteiger partial charge in [0.05, 0.1) is 11.6 Å². The van der Waals surface area contributed by atoms with Crippen molar-refractivity contribution in [2.45, 2.75) is 124 Å². The van der Waals surface area contributed by atoms with Crippen LogP contribution in [0.2, 0.25) is 10.0 Å². The maximum atomic E-state index is 12.5. The Hall–Kier alpha value is -1.26. The SMILES string of the molecule is CCCCCCCCCCCCCCCCCCOC(=O)C(C)(C)C(=O)Oc1cc(Cl)ccc1Cl. The Labute approximate surface area is 223 Å².